The van der Waals surface area contributed by atoms with Crippen LogP contribution in [0.1, 0.15) is 49.3 Å². The SMILES string of the molecule is CC(C)Oc1ccc(-c2nc(-c3cccc4c3CCC4CNS(=O)(=O)CC(=O)N3CCC3)no2)cc1C#N. The van der Waals surface area contributed by atoms with Gasteiger partial charge in [-0.3, -0.25) is 4.79 Å². The maximum atomic E-state index is 12.5. The first-order valence-corrected chi connectivity index (χ1v) is 14.3. The van der Waals surface area contributed by atoms with E-state index in [1.165, 1.54) is 0 Å². The van der Waals surface area contributed by atoms with Gasteiger partial charge in [-0.05, 0) is 68.4 Å². The van der Waals surface area contributed by atoms with E-state index in [0.29, 0.717) is 41.7 Å². The number of ether oxygens (including phenoxy) is 1. The highest BCUT2D eigenvalue weighted by molar-refractivity contribution is 7.90. The largest absolute Gasteiger partial charge is 0.490 e. The van der Waals surface area contributed by atoms with E-state index in [0.717, 1.165) is 36.0 Å². The molecular weight excluding hydrogens is 506 g/mol. The number of nitrogens with one attached hydrogen (secondary N) is 1. The number of nitrogens with zero attached hydrogens (tertiary/aromatic N) is 4. The molecule has 10 nitrogen and oxygen atoms in total. The van der Waals surface area contributed by atoms with Crippen molar-refractivity contribution < 1.29 is 22.5 Å². The second-order valence-electron chi connectivity index (χ2n) is 9.86. The molecule has 0 saturated carbocycles. The van der Waals surface area contributed by atoms with Gasteiger partial charge in [0.25, 0.3) is 5.89 Å². The number of sulfonamides is 1. The van der Waals surface area contributed by atoms with Gasteiger partial charge in [-0.2, -0.15) is 10.2 Å². The molecule has 1 aliphatic heterocycles. The van der Waals surface area contributed by atoms with Gasteiger partial charge in [0.05, 0.1) is 11.7 Å². The van der Waals surface area contributed by atoms with Crippen molar-refractivity contribution in [1.82, 2.24) is 19.8 Å². The van der Waals surface area contributed by atoms with Crippen molar-refractivity contribution in [2.45, 2.75) is 45.1 Å². The number of likely N-dealkylation sites (tertiary alicyclic amines) is 1. The number of nitriles is 1. The minimum atomic E-state index is -3.71. The van der Waals surface area contributed by atoms with Crippen molar-refractivity contribution in [3.05, 3.63) is 53.1 Å². The van der Waals surface area contributed by atoms with Crippen LogP contribution in [0.25, 0.3) is 22.8 Å². The molecule has 1 aliphatic carbocycles. The van der Waals surface area contributed by atoms with Gasteiger partial charge in [-0.25, -0.2) is 13.1 Å². The van der Waals surface area contributed by atoms with Crippen LogP contribution >= 0.6 is 0 Å². The van der Waals surface area contributed by atoms with Crippen LogP contribution in [0.5, 0.6) is 5.75 Å². The smallest absolute Gasteiger partial charge is 0.258 e. The molecule has 5 rings (SSSR count). The molecule has 1 amide bonds. The molecule has 2 aliphatic rings. The Balaban J connectivity index is 1.31. The topological polar surface area (TPSA) is 138 Å². The van der Waals surface area contributed by atoms with Crippen LogP contribution in [0.15, 0.2) is 40.9 Å². The zero-order valence-electron chi connectivity index (χ0n) is 21.3. The van der Waals surface area contributed by atoms with Crippen molar-refractivity contribution >= 4 is 15.9 Å². The lowest BCUT2D eigenvalue weighted by atomic mass is 9.98. The van der Waals surface area contributed by atoms with Gasteiger partial charge < -0.3 is 14.2 Å². The van der Waals surface area contributed by atoms with Gasteiger partial charge >= 0.3 is 0 Å². The molecule has 1 unspecified atom stereocenters. The molecule has 1 fully saturated rings. The third kappa shape index (κ3) is 5.42. The van der Waals surface area contributed by atoms with Crippen LogP contribution in [0.2, 0.25) is 0 Å². The van der Waals surface area contributed by atoms with Crippen LogP contribution < -0.4 is 9.46 Å². The molecule has 1 aromatic heterocycles. The Morgan fingerprint density at radius 2 is 2.11 bits per heavy atom. The zero-order chi connectivity index (χ0) is 26.9. The first kappa shape index (κ1) is 25.9. The highest BCUT2D eigenvalue weighted by Gasteiger charge is 2.30. The number of hydrogen-bond donors (Lipinski definition) is 1. The van der Waals surface area contributed by atoms with Crippen LogP contribution in [-0.2, 0) is 21.2 Å². The Morgan fingerprint density at radius 3 is 2.82 bits per heavy atom. The van der Waals surface area contributed by atoms with E-state index >= 15 is 0 Å². The number of rotatable bonds is 9. The molecule has 0 radical (unpaired) electrons. The summed E-state index contributed by atoms with van der Waals surface area (Å²) in [6.07, 6.45) is 2.37. The molecule has 1 N–H and O–H groups in total. The Hall–Kier alpha value is -3.75. The van der Waals surface area contributed by atoms with Crippen molar-refractivity contribution in [1.29, 1.82) is 5.26 Å². The van der Waals surface area contributed by atoms with Gasteiger partial charge in [0.2, 0.25) is 21.8 Å². The fourth-order valence-corrected chi connectivity index (χ4v) is 5.88. The summed E-state index contributed by atoms with van der Waals surface area (Å²) in [5.41, 5.74) is 3.92. The van der Waals surface area contributed by atoms with Gasteiger partial charge in [0.1, 0.15) is 17.6 Å². The summed E-state index contributed by atoms with van der Waals surface area (Å²) >= 11 is 0. The molecule has 11 heteroatoms. The molecule has 2 aromatic carbocycles. The Kier molecular flexibility index (Phi) is 7.19. The van der Waals surface area contributed by atoms with Crippen molar-refractivity contribution in [3.63, 3.8) is 0 Å². The highest BCUT2D eigenvalue weighted by atomic mass is 32.2. The number of fused-ring (bicyclic) bond motifs is 1. The van der Waals surface area contributed by atoms with Crippen LogP contribution in [0, 0.1) is 11.3 Å². The molecular formula is C27H29N5O5S. The number of aromatic nitrogens is 2. The summed E-state index contributed by atoms with van der Waals surface area (Å²) in [6, 6.07) is 13.1. The molecule has 0 bridgehead atoms. The first-order valence-electron chi connectivity index (χ1n) is 12.7. The highest BCUT2D eigenvalue weighted by Crippen LogP contribution is 2.38. The van der Waals surface area contributed by atoms with E-state index in [4.69, 9.17) is 9.26 Å². The summed E-state index contributed by atoms with van der Waals surface area (Å²) < 4.78 is 38.8. The summed E-state index contributed by atoms with van der Waals surface area (Å²) in [6.45, 7) is 5.27. The average Bonchev–Trinajstić information content (AvgIpc) is 3.49. The second kappa shape index (κ2) is 10.6. The van der Waals surface area contributed by atoms with E-state index < -0.39 is 15.8 Å². The molecule has 0 spiro atoms. The van der Waals surface area contributed by atoms with E-state index in [2.05, 4.69) is 20.9 Å². The standard InChI is InChI=1S/C27H29N5O5S/c1-17(2)36-24-10-8-18(13-20(24)14-28)27-30-26(31-37-27)23-6-3-5-21-19(7-9-22(21)23)15-29-38(34,35)16-25(33)32-11-4-12-32/h3,5-6,8,10,13,17,19,29H,4,7,9,11-12,15-16H2,1-2H3. The number of carbonyl (C=O) groups excluding carboxylic acids is 1. The Morgan fingerprint density at radius 1 is 1.29 bits per heavy atom. The maximum absolute atomic E-state index is 12.5. The third-order valence-electron chi connectivity index (χ3n) is 6.84. The van der Waals surface area contributed by atoms with E-state index in [-0.39, 0.29) is 24.5 Å². The number of carbonyl (C=O) groups is 1. The van der Waals surface area contributed by atoms with Crippen LogP contribution in [0.3, 0.4) is 0 Å². The molecule has 198 valence electrons. The molecule has 1 saturated heterocycles. The molecule has 38 heavy (non-hydrogen) atoms. The number of amides is 1. The van der Waals surface area contributed by atoms with Gasteiger partial charge in [0, 0.05) is 30.8 Å². The fraction of sp³-hybridized carbons (Fsp3) is 0.407. The lowest BCUT2D eigenvalue weighted by Crippen LogP contribution is -2.46. The van der Waals surface area contributed by atoms with Crippen LogP contribution in [-0.4, -0.2) is 60.9 Å². The van der Waals surface area contributed by atoms with E-state index in [1.54, 1.807) is 23.1 Å². The predicted molar refractivity (Wildman–Crippen MR) is 140 cm³/mol. The lowest BCUT2D eigenvalue weighted by molar-refractivity contribution is -0.131. The third-order valence-corrected chi connectivity index (χ3v) is 8.08. The molecule has 3 aromatic rings. The lowest BCUT2D eigenvalue weighted by Gasteiger charge is -2.30. The van der Waals surface area contributed by atoms with Crippen molar-refractivity contribution in [2.75, 3.05) is 25.4 Å². The Bertz CT molecular complexity index is 1500. The van der Waals surface area contributed by atoms with Crippen molar-refractivity contribution in [3.8, 4) is 34.7 Å². The average molecular weight is 536 g/mol. The minimum Gasteiger partial charge on any atom is -0.490 e. The van der Waals surface area contributed by atoms with Gasteiger partial charge in [-0.1, -0.05) is 23.4 Å². The fourth-order valence-electron chi connectivity index (χ4n) is 4.82. The monoisotopic (exact) mass is 535 g/mol. The van der Waals surface area contributed by atoms with Crippen LogP contribution in [0.4, 0.5) is 0 Å². The Labute approximate surface area is 221 Å². The van der Waals surface area contributed by atoms with Gasteiger partial charge in [0.15, 0.2) is 0 Å². The van der Waals surface area contributed by atoms with E-state index in [1.807, 2.05) is 32.0 Å². The summed E-state index contributed by atoms with van der Waals surface area (Å²) in [5, 5.41) is 13.7. The normalized spacial score (nSPS) is 16.7. The molecule has 2 heterocycles. The predicted octanol–water partition coefficient (Wildman–Crippen LogP) is 3.24. The number of benzene rings is 2. The summed E-state index contributed by atoms with van der Waals surface area (Å²) in [4.78, 5) is 18.2. The van der Waals surface area contributed by atoms with E-state index in [9.17, 15) is 18.5 Å². The van der Waals surface area contributed by atoms with Gasteiger partial charge in [-0.15, -0.1) is 0 Å². The first-order chi connectivity index (χ1) is 18.2. The second-order valence-corrected chi connectivity index (χ2v) is 11.7. The summed E-state index contributed by atoms with van der Waals surface area (Å²) in [5.74, 6) is 0.333. The van der Waals surface area contributed by atoms with Crippen molar-refractivity contribution in [2.24, 2.45) is 0 Å². The number of hydrogen-bond acceptors (Lipinski definition) is 8. The minimum absolute atomic E-state index is 0.0168. The molecule has 1 atom stereocenters. The quantitative estimate of drug-likeness (QED) is 0.441. The maximum Gasteiger partial charge on any atom is 0.258 e. The zero-order valence-corrected chi connectivity index (χ0v) is 22.1. The summed E-state index contributed by atoms with van der Waals surface area (Å²) in [7, 11) is -3.71.